The van der Waals surface area contributed by atoms with Gasteiger partial charge in [-0.1, -0.05) is 0 Å². The Morgan fingerprint density at radius 1 is 0.304 bits per heavy atom. The van der Waals surface area contributed by atoms with Gasteiger partial charge in [0.2, 0.25) is 23.6 Å². The number of ether oxygens (including phenoxy) is 22. The smallest absolute Gasteiger partial charge is 0.364 e. The molecule has 65 heteroatoms. The van der Waals surface area contributed by atoms with Crippen LogP contribution in [0.1, 0.15) is 54.9 Å². The number of carboxylic acid groups (broad SMARTS) is 1. The number of nitrogens with one attached hydrogen (secondary N) is 4. The summed E-state index contributed by atoms with van der Waals surface area (Å²) >= 11 is 0. The van der Waals surface area contributed by atoms with Crippen molar-refractivity contribution >= 4 is 29.6 Å². The van der Waals surface area contributed by atoms with E-state index in [1.54, 1.807) is 0 Å². The lowest BCUT2D eigenvalue weighted by Crippen LogP contribution is -2.72. The van der Waals surface area contributed by atoms with Gasteiger partial charge in [0.1, 0.15) is 268 Å². The van der Waals surface area contributed by atoms with Crippen LogP contribution in [0.2, 0.25) is 0 Å². The summed E-state index contributed by atoms with van der Waals surface area (Å²) in [5.74, 6) is -9.28. The quantitative estimate of drug-likeness (QED) is 0.0270. The fourth-order valence-corrected chi connectivity index (χ4v) is 18.9. The number of hydrogen-bond donors (Lipinski definition) is 38. The van der Waals surface area contributed by atoms with Crippen molar-refractivity contribution in [3.8, 4) is 0 Å². The van der Waals surface area contributed by atoms with Crippen LogP contribution in [0.3, 0.4) is 0 Å². The van der Waals surface area contributed by atoms with Gasteiger partial charge >= 0.3 is 5.97 Å². The van der Waals surface area contributed by atoms with Crippen LogP contribution in [0.4, 0.5) is 0 Å². The van der Waals surface area contributed by atoms with Gasteiger partial charge < -0.3 is 299 Å². The second-order valence-corrected chi connectivity index (χ2v) is 37.8. The zero-order chi connectivity index (χ0) is 110. The normalized spacial score (nSPS) is 47.5. The lowest BCUT2D eigenvalue weighted by molar-refractivity contribution is -0.400. The SMILES string of the molecule is CC(=O)N[C@H]1[C@H](O[C@H]2[C@@H](O)[C@@H](CO)O[C@@H](O[C@H]3[C@H](O[C@@H]4O[C@@H](C)[C@@H](O)[C@@H](O)[C@@H]4O)[C@@H](NC(C)=O)[C@H](OC[C@H]4O[C@@H](O[C@@H]([C@H](O)[C@@H](O)CO)[C@H](O)CO)[C@H](O)[C@@H](O[C@@H]5O[C@H](CO)[C@@H](O[C@@H]6O[C@@H](C)[C@@H](O)[C@@H](O)[C@@H]6O)[C@H](O[C@@H]6O[C@H](CO)[C@H](O)[C@H](O)[C@H]6O[C@@H]6O[C@@H](C)[C@@H](O)[C@@H](O)[C@@H]6O)[C@H]5NC(C)=O)[C@H]4O)O[C@@H]3CO)[C@@H]2O)O[C@H](CO)[C@@H](O[C@@H]2O[C@H](CO[C@]3(C(=O)O)C[C@H](O)[C@@H](NC(C)=O)[C@H]([C@H](O)[C@H](O)CO)O3)[C@H](O)[C@H](O)[C@H]2O)[C@@H]1O. The Bertz CT molecular complexity index is 4130. The fourth-order valence-electron chi connectivity index (χ4n) is 18.9. The van der Waals surface area contributed by atoms with E-state index in [-0.39, 0.29) is 0 Å². The average molecular weight is 2170 g/mol. The lowest BCUT2D eigenvalue weighted by atomic mass is 9.88. The standard InChI is InChI=1S/C83H140N4O61/c1-19-41(104)51(114)56(119)75(129-19)141-65-34(16-95)136-74(40(87-25(7)99)68(65)144-81-71(55(118)46(109)30(12-91)133-81)147-77-58(121)53(116)43(106)21(3)131-77)146-70-49(112)35(137-80(61(70)124)139-62(29(103)11-90)44(107)27(101)9-88)17-127-72-39(86-24(6)98)67(143-76-57(120)52(115)42(105)20(2)130-76)64(33(15-94)134-72)142-79-60(123)69(48(111)31(13-92)132-79)145-73-38(85-23(5)97)50(113)63(32(14-93)135-73)140-78-59(122)54(117)47(110)36(138-78)18-128-83(82(125)126)8-26(100)37(84-22(4)96)66(148-83)45(108)28(102)10-89/h19-21,26-81,88-95,100-124H,8-18H2,1-7H3,(H,84,96)(H,85,97)(H,86,98)(H,87,99)(H,125,126)/t19-,20-,21-,26-,27-,28+,29+,30+,31+,32+,33+,34+,35+,36+,37+,38+,39+,40+,41+,42+,43+,44+,45+,46-,47-,48-,49-,50+,51+,52+,53+,54-,55-,56-,57-,58-,59+,60+,61+,62+,63+,64+,65+,66+,67+,68+,69-,70-,71+,72+,73-,74-,75-,76-,77-,78-,79-,80-,81-,83+/m0/s1. The number of carbonyl (C=O) groups is 5. The Labute approximate surface area is 838 Å². The minimum atomic E-state index is -3.11. The third-order valence-corrected chi connectivity index (χ3v) is 27.2. The summed E-state index contributed by atoms with van der Waals surface area (Å²) in [6.07, 6.45) is -122. The fraction of sp³-hybridized carbons (Fsp3) is 0.940. The van der Waals surface area contributed by atoms with E-state index in [0.717, 1.165) is 27.7 Å². The number of rotatable bonds is 42. The Balaban J connectivity index is 0.906. The predicted molar refractivity (Wildman–Crippen MR) is 457 cm³/mol. The minimum Gasteiger partial charge on any atom is -0.477 e. The largest absolute Gasteiger partial charge is 0.477 e. The first-order chi connectivity index (χ1) is 69.7. The van der Waals surface area contributed by atoms with Crippen molar-refractivity contribution in [1.82, 2.24) is 21.3 Å². The Morgan fingerprint density at radius 3 is 1.09 bits per heavy atom. The maximum absolute atomic E-state index is 13.9. The van der Waals surface area contributed by atoms with E-state index >= 15 is 0 Å². The third kappa shape index (κ3) is 27.4. The summed E-state index contributed by atoms with van der Waals surface area (Å²) in [6.45, 7) is -5.70. The molecule has 0 saturated carbocycles. The molecule has 11 heterocycles. The summed E-state index contributed by atoms with van der Waals surface area (Å²) in [5, 5.41) is 391. The van der Waals surface area contributed by atoms with E-state index in [4.69, 9.17) is 104 Å². The van der Waals surface area contributed by atoms with Crippen LogP contribution in [0, 0.1) is 0 Å². The van der Waals surface area contributed by atoms with Crippen LogP contribution in [-0.2, 0) is 128 Å². The van der Waals surface area contributed by atoms with Gasteiger partial charge in [0.25, 0.3) is 5.79 Å². The highest BCUT2D eigenvalue weighted by molar-refractivity contribution is 5.77. The van der Waals surface area contributed by atoms with Gasteiger partial charge in [0.05, 0.1) is 96.5 Å². The van der Waals surface area contributed by atoms with Crippen molar-refractivity contribution in [1.29, 1.82) is 0 Å². The number of aliphatic carboxylic acids is 1. The molecule has 11 saturated heterocycles. The third-order valence-electron chi connectivity index (χ3n) is 27.2. The molecular formula is C83H140N4O61. The molecule has 148 heavy (non-hydrogen) atoms. The van der Waals surface area contributed by atoms with Crippen molar-refractivity contribution in [3.63, 3.8) is 0 Å². The first-order valence-corrected chi connectivity index (χ1v) is 47.3. The second-order valence-electron chi connectivity index (χ2n) is 37.8. The number of aliphatic hydroxyl groups excluding tert-OH is 33. The molecule has 0 aromatic rings. The number of hydrogen-bond acceptors (Lipinski definition) is 60. The molecule has 0 bridgehead atoms. The van der Waals surface area contributed by atoms with E-state index in [1.165, 1.54) is 20.8 Å². The molecule has 0 radical (unpaired) electrons. The molecular weight excluding hydrogens is 2030 g/mol. The van der Waals surface area contributed by atoms with Crippen molar-refractivity contribution in [3.05, 3.63) is 0 Å². The van der Waals surface area contributed by atoms with Gasteiger partial charge in [-0.25, -0.2) is 4.79 Å². The average Bonchev–Trinajstić information content (AvgIpc) is 0.738. The maximum atomic E-state index is 13.9. The molecule has 38 N–H and O–H groups in total. The summed E-state index contributed by atoms with van der Waals surface area (Å²) in [7, 11) is 0. The van der Waals surface area contributed by atoms with Gasteiger partial charge in [-0.2, -0.15) is 0 Å². The number of carboxylic acids is 1. The highest BCUT2D eigenvalue weighted by Crippen LogP contribution is 2.44. The Hall–Kier alpha value is -4.85. The molecule has 0 aliphatic carbocycles. The van der Waals surface area contributed by atoms with Crippen LogP contribution >= 0.6 is 0 Å². The van der Waals surface area contributed by atoms with Crippen LogP contribution in [0.5, 0.6) is 0 Å². The van der Waals surface area contributed by atoms with Crippen LogP contribution in [0.25, 0.3) is 0 Å². The molecule has 0 unspecified atom stereocenters. The highest BCUT2D eigenvalue weighted by Gasteiger charge is 2.65. The topological polar surface area (TPSA) is 1020 Å². The minimum absolute atomic E-state index is 0.853. The molecule has 0 aromatic carbocycles. The van der Waals surface area contributed by atoms with E-state index < -0.39 is 470 Å². The van der Waals surface area contributed by atoms with E-state index in [1.807, 2.05) is 0 Å². The van der Waals surface area contributed by atoms with Crippen molar-refractivity contribution < 1.29 is 302 Å². The summed E-state index contributed by atoms with van der Waals surface area (Å²) in [6, 6.07) is -8.15. The van der Waals surface area contributed by atoms with Gasteiger partial charge in [0.15, 0.2) is 62.9 Å². The molecule has 60 atom stereocenters. The number of aliphatic hydroxyl groups is 33. The molecule has 11 aliphatic heterocycles. The first-order valence-electron chi connectivity index (χ1n) is 47.3. The first kappa shape index (κ1) is 123. The van der Waals surface area contributed by atoms with Crippen molar-refractivity contribution in [2.75, 3.05) is 66.1 Å². The molecule has 4 amide bonds. The molecule has 11 fully saturated rings. The van der Waals surface area contributed by atoms with Crippen LogP contribution in [-0.4, -0.2) is 637 Å². The molecule has 858 valence electrons. The highest BCUT2D eigenvalue weighted by atomic mass is 16.8. The Kier molecular flexibility index (Phi) is 44.6. The van der Waals surface area contributed by atoms with Gasteiger partial charge in [-0.15, -0.1) is 0 Å². The van der Waals surface area contributed by atoms with Crippen LogP contribution in [0.15, 0.2) is 0 Å². The summed E-state index contributed by atoms with van der Waals surface area (Å²) in [5.41, 5.74) is 0. The molecule has 65 nitrogen and oxygen atoms in total. The van der Waals surface area contributed by atoms with Gasteiger partial charge in [0, 0.05) is 34.1 Å². The lowest BCUT2D eigenvalue weighted by Gasteiger charge is -2.52. The molecule has 11 rings (SSSR count). The van der Waals surface area contributed by atoms with Gasteiger partial charge in [-0.3, -0.25) is 19.2 Å². The van der Waals surface area contributed by atoms with E-state index in [9.17, 15) is 198 Å². The van der Waals surface area contributed by atoms with Crippen LogP contribution < -0.4 is 21.3 Å². The van der Waals surface area contributed by atoms with Crippen molar-refractivity contribution in [2.45, 2.75) is 422 Å². The zero-order valence-corrected chi connectivity index (χ0v) is 80.1. The predicted octanol–water partition coefficient (Wildman–Crippen LogP) is -24.7. The molecule has 0 spiro atoms. The van der Waals surface area contributed by atoms with Gasteiger partial charge in [-0.05, 0) is 20.8 Å². The Morgan fingerprint density at radius 2 is 0.635 bits per heavy atom. The van der Waals surface area contributed by atoms with E-state index in [0.29, 0.717) is 0 Å². The molecule has 11 aliphatic rings. The monoisotopic (exact) mass is 2170 g/mol. The molecule has 0 aromatic heterocycles. The van der Waals surface area contributed by atoms with E-state index in [2.05, 4.69) is 21.3 Å². The number of carbonyl (C=O) groups excluding carboxylic acids is 4. The summed E-state index contributed by atoms with van der Waals surface area (Å²) < 4.78 is 133. The summed E-state index contributed by atoms with van der Waals surface area (Å²) in [4.78, 5) is 66.2. The number of amides is 4. The second kappa shape index (κ2) is 53.5. The maximum Gasteiger partial charge on any atom is 0.364 e. The van der Waals surface area contributed by atoms with Crippen molar-refractivity contribution in [2.24, 2.45) is 0 Å². The zero-order valence-electron chi connectivity index (χ0n) is 80.1.